The summed E-state index contributed by atoms with van der Waals surface area (Å²) in [5, 5.41) is 9.65. The second kappa shape index (κ2) is 6.67. The number of aliphatic carboxylic acids is 1. The number of anilines is 1. The average Bonchev–Trinajstić information content (AvgIpc) is 2.74. The van der Waals surface area contributed by atoms with E-state index in [1.807, 2.05) is 24.8 Å². The number of hydrogen-bond donors (Lipinski definition) is 1. The number of thiazole rings is 1. The standard InChI is InChI=1S/C15H17FN2O2S/c1-10-11(2)21-15(17-10)18(7-6-14(19)20)9-12-4-3-5-13(16)8-12/h3-5,8H,6-7,9H2,1-2H3,(H,19,20). The Balaban J connectivity index is 2.21. The molecule has 1 N–H and O–H groups in total. The molecule has 4 nitrogen and oxygen atoms in total. The van der Waals surface area contributed by atoms with Gasteiger partial charge in [0, 0.05) is 18.0 Å². The second-order valence-electron chi connectivity index (χ2n) is 4.83. The molecule has 0 spiro atoms. The normalized spacial score (nSPS) is 10.6. The van der Waals surface area contributed by atoms with E-state index >= 15 is 0 Å². The molecule has 0 atom stereocenters. The van der Waals surface area contributed by atoms with E-state index in [1.54, 1.807) is 6.07 Å². The summed E-state index contributed by atoms with van der Waals surface area (Å²) in [5.74, 6) is -1.15. The first-order valence-electron chi connectivity index (χ1n) is 6.61. The summed E-state index contributed by atoms with van der Waals surface area (Å²) in [6, 6.07) is 6.33. The first-order chi connectivity index (χ1) is 9.95. The van der Waals surface area contributed by atoms with E-state index in [4.69, 9.17) is 5.11 Å². The van der Waals surface area contributed by atoms with Crippen molar-refractivity contribution in [3.63, 3.8) is 0 Å². The smallest absolute Gasteiger partial charge is 0.305 e. The largest absolute Gasteiger partial charge is 0.481 e. The highest BCUT2D eigenvalue weighted by Crippen LogP contribution is 2.26. The summed E-state index contributed by atoms with van der Waals surface area (Å²) in [4.78, 5) is 18.3. The maximum absolute atomic E-state index is 13.3. The molecule has 1 aromatic carbocycles. The zero-order valence-corrected chi connectivity index (χ0v) is 12.8. The van der Waals surface area contributed by atoms with Gasteiger partial charge in [-0.05, 0) is 31.5 Å². The van der Waals surface area contributed by atoms with Gasteiger partial charge in [0.15, 0.2) is 5.13 Å². The van der Waals surface area contributed by atoms with Crippen molar-refractivity contribution in [2.75, 3.05) is 11.4 Å². The summed E-state index contributed by atoms with van der Waals surface area (Å²) < 4.78 is 13.3. The molecule has 6 heteroatoms. The fourth-order valence-electron chi connectivity index (χ4n) is 1.92. The van der Waals surface area contributed by atoms with Crippen molar-refractivity contribution in [1.29, 1.82) is 0 Å². The number of nitrogens with zero attached hydrogens (tertiary/aromatic N) is 2. The van der Waals surface area contributed by atoms with Crippen LogP contribution in [0.4, 0.5) is 9.52 Å². The van der Waals surface area contributed by atoms with Crippen LogP contribution < -0.4 is 4.90 Å². The Bertz CT molecular complexity index is 623. The molecule has 0 aliphatic carbocycles. The summed E-state index contributed by atoms with van der Waals surface area (Å²) in [7, 11) is 0. The van der Waals surface area contributed by atoms with E-state index in [2.05, 4.69) is 4.98 Å². The maximum atomic E-state index is 13.3. The average molecular weight is 308 g/mol. The minimum absolute atomic E-state index is 0.0208. The van der Waals surface area contributed by atoms with Crippen molar-refractivity contribution in [1.82, 2.24) is 4.98 Å². The van der Waals surface area contributed by atoms with Crippen molar-refractivity contribution >= 4 is 22.4 Å². The van der Waals surface area contributed by atoms with E-state index < -0.39 is 5.97 Å². The molecule has 21 heavy (non-hydrogen) atoms. The molecule has 0 radical (unpaired) electrons. The van der Waals surface area contributed by atoms with Crippen LogP contribution in [-0.4, -0.2) is 22.6 Å². The summed E-state index contributed by atoms with van der Waals surface area (Å²) in [6.45, 7) is 4.69. The molecule has 0 bridgehead atoms. The van der Waals surface area contributed by atoms with Crippen molar-refractivity contribution < 1.29 is 14.3 Å². The number of hydrogen-bond acceptors (Lipinski definition) is 4. The lowest BCUT2D eigenvalue weighted by Crippen LogP contribution is -2.25. The second-order valence-corrected chi connectivity index (χ2v) is 6.01. The number of carboxylic acids is 1. The van der Waals surface area contributed by atoms with Gasteiger partial charge in [-0.15, -0.1) is 11.3 Å². The summed E-state index contributed by atoms with van der Waals surface area (Å²) in [6.07, 6.45) is 0.0208. The molecule has 0 amide bonds. The number of carboxylic acid groups (broad SMARTS) is 1. The number of halogens is 1. The van der Waals surface area contributed by atoms with E-state index in [1.165, 1.54) is 23.5 Å². The number of benzene rings is 1. The van der Waals surface area contributed by atoms with Gasteiger partial charge in [0.1, 0.15) is 5.82 Å². The molecule has 0 fully saturated rings. The van der Waals surface area contributed by atoms with Gasteiger partial charge in [-0.1, -0.05) is 12.1 Å². The van der Waals surface area contributed by atoms with Gasteiger partial charge in [-0.3, -0.25) is 4.79 Å². The molecule has 2 rings (SSSR count). The molecular weight excluding hydrogens is 291 g/mol. The molecule has 0 aliphatic heterocycles. The minimum atomic E-state index is -0.857. The lowest BCUT2D eigenvalue weighted by Gasteiger charge is -2.21. The first kappa shape index (κ1) is 15.4. The summed E-state index contributed by atoms with van der Waals surface area (Å²) in [5.41, 5.74) is 1.74. The third-order valence-corrected chi connectivity index (χ3v) is 4.28. The van der Waals surface area contributed by atoms with Crippen LogP contribution in [0.2, 0.25) is 0 Å². The molecule has 0 aliphatic rings. The summed E-state index contributed by atoms with van der Waals surface area (Å²) >= 11 is 1.53. The zero-order valence-electron chi connectivity index (χ0n) is 12.0. The molecule has 0 saturated heterocycles. The monoisotopic (exact) mass is 308 g/mol. The Morgan fingerprint density at radius 3 is 2.76 bits per heavy atom. The van der Waals surface area contributed by atoms with Gasteiger partial charge in [-0.2, -0.15) is 0 Å². The first-order valence-corrected chi connectivity index (χ1v) is 7.42. The lowest BCUT2D eigenvalue weighted by atomic mass is 10.2. The van der Waals surface area contributed by atoms with Gasteiger partial charge in [-0.25, -0.2) is 9.37 Å². The van der Waals surface area contributed by atoms with Gasteiger partial charge >= 0.3 is 5.97 Å². The van der Waals surface area contributed by atoms with Gasteiger partial charge < -0.3 is 10.0 Å². The molecule has 112 valence electrons. The van der Waals surface area contributed by atoms with Gasteiger partial charge in [0.05, 0.1) is 12.1 Å². The van der Waals surface area contributed by atoms with Crippen LogP contribution in [0.3, 0.4) is 0 Å². The highest BCUT2D eigenvalue weighted by Gasteiger charge is 2.14. The molecular formula is C15H17FN2O2S. The third-order valence-electron chi connectivity index (χ3n) is 3.15. The van der Waals surface area contributed by atoms with Crippen LogP contribution in [0.5, 0.6) is 0 Å². The van der Waals surface area contributed by atoms with Crippen LogP contribution in [-0.2, 0) is 11.3 Å². The van der Waals surface area contributed by atoms with Crippen LogP contribution in [0, 0.1) is 19.7 Å². The van der Waals surface area contributed by atoms with Gasteiger partial charge in [0.2, 0.25) is 0 Å². The third kappa shape index (κ3) is 4.26. The van der Waals surface area contributed by atoms with Crippen LogP contribution in [0.1, 0.15) is 22.6 Å². The van der Waals surface area contributed by atoms with E-state index in [-0.39, 0.29) is 12.2 Å². The van der Waals surface area contributed by atoms with Crippen molar-refractivity contribution in [2.24, 2.45) is 0 Å². The number of aromatic nitrogens is 1. The Morgan fingerprint density at radius 2 is 2.19 bits per heavy atom. The topological polar surface area (TPSA) is 53.4 Å². The quantitative estimate of drug-likeness (QED) is 0.889. The van der Waals surface area contributed by atoms with E-state index in [0.29, 0.717) is 13.1 Å². The fourth-order valence-corrected chi connectivity index (χ4v) is 2.85. The Labute approximate surface area is 126 Å². The van der Waals surface area contributed by atoms with Crippen molar-refractivity contribution in [2.45, 2.75) is 26.8 Å². The molecule has 0 unspecified atom stereocenters. The predicted molar refractivity (Wildman–Crippen MR) is 81.3 cm³/mol. The van der Waals surface area contributed by atoms with Crippen molar-refractivity contribution in [3.8, 4) is 0 Å². The molecule has 2 aromatic rings. The Hall–Kier alpha value is -1.95. The molecule has 0 saturated carbocycles. The number of carbonyl (C=O) groups is 1. The zero-order chi connectivity index (χ0) is 15.4. The number of aryl methyl sites for hydroxylation is 2. The fraction of sp³-hybridized carbons (Fsp3) is 0.333. The molecule has 1 heterocycles. The highest BCUT2D eigenvalue weighted by molar-refractivity contribution is 7.15. The van der Waals surface area contributed by atoms with Crippen LogP contribution in [0.15, 0.2) is 24.3 Å². The van der Waals surface area contributed by atoms with E-state index in [0.717, 1.165) is 21.3 Å². The van der Waals surface area contributed by atoms with Gasteiger partial charge in [0.25, 0.3) is 0 Å². The Kier molecular flexibility index (Phi) is 4.90. The maximum Gasteiger partial charge on any atom is 0.305 e. The van der Waals surface area contributed by atoms with E-state index in [9.17, 15) is 9.18 Å². The predicted octanol–water partition coefficient (Wildman–Crippen LogP) is 3.38. The van der Waals surface area contributed by atoms with Crippen LogP contribution >= 0.6 is 11.3 Å². The number of rotatable bonds is 6. The van der Waals surface area contributed by atoms with Crippen LogP contribution in [0.25, 0.3) is 0 Å². The molecule has 1 aromatic heterocycles. The minimum Gasteiger partial charge on any atom is -0.481 e. The SMILES string of the molecule is Cc1nc(N(CCC(=O)O)Cc2cccc(F)c2)sc1C. The Morgan fingerprint density at radius 1 is 1.43 bits per heavy atom. The lowest BCUT2D eigenvalue weighted by molar-refractivity contribution is -0.136. The highest BCUT2D eigenvalue weighted by atomic mass is 32.1. The van der Waals surface area contributed by atoms with Crippen molar-refractivity contribution in [3.05, 3.63) is 46.2 Å².